The topological polar surface area (TPSA) is 66.5 Å². The summed E-state index contributed by atoms with van der Waals surface area (Å²) >= 11 is 0. The van der Waals surface area contributed by atoms with Crippen LogP contribution in [0.1, 0.15) is 41.8 Å². The van der Waals surface area contributed by atoms with Crippen molar-refractivity contribution in [1.82, 2.24) is 5.32 Å². The van der Waals surface area contributed by atoms with Crippen LogP contribution >= 0.6 is 0 Å². The van der Waals surface area contributed by atoms with Crippen LogP contribution in [0.3, 0.4) is 0 Å². The van der Waals surface area contributed by atoms with Crippen molar-refractivity contribution < 1.29 is 13.2 Å². The lowest BCUT2D eigenvalue weighted by Crippen LogP contribution is -2.34. The zero-order chi connectivity index (χ0) is 19.6. The van der Waals surface area contributed by atoms with Crippen molar-refractivity contribution in [2.45, 2.75) is 45.2 Å². The molecular weight excluding hydrogens is 360 g/mol. The zero-order valence-electron chi connectivity index (χ0n) is 16.0. The van der Waals surface area contributed by atoms with E-state index in [0.29, 0.717) is 17.7 Å². The molecule has 1 N–H and O–H groups in total. The second kappa shape index (κ2) is 7.72. The average molecular weight is 387 g/mol. The summed E-state index contributed by atoms with van der Waals surface area (Å²) in [6.45, 7) is 3.88. The van der Waals surface area contributed by atoms with Gasteiger partial charge in [0.1, 0.15) is 0 Å². The van der Waals surface area contributed by atoms with E-state index in [9.17, 15) is 13.2 Å². The molecule has 1 heterocycles. The van der Waals surface area contributed by atoms with Gasteiger partial charge in [-0.2, -0.15) is 0 Å². The molecule has 2 atom stereocenters. The first-order valence-corrected chi connectivity index (χ1v) is 11.1. The standard InChI is InChI=1S/C21H26N2O3S/c1-15(9-10-17-7-5-4-6-8-17)22-21(24)18-11-12-20-19(14-18)13-16(2)23(20)27(3,25)26/h4-8,11-12,14-16H,9-10,13H2,1-3H3,(H,22,24)/t15-,16+/m0/s1. The van der Waals surface area contributed by atoms with E-state index in [2.05, 4.69) is 17.4 Å². The molecule has 27 heavy (non-hydrogen) atoms. The van der Waals surface area contributed by atoms with Crippen molar-refractivity contribution in [2.24, 2.45) is 0 Å². The minimum absolute atomic E-state index is 0.0532. The van der Waals surface area contributed by atoms with Gasteiger partial charge in [0, 0.05) is 17.6 Å². The molecule has 0 radical (unpaired) electrons. The van der Waals surface area contributed by atoms with Gasteiger partial charge < -0.3 is 5.32 Å². The Balaban J connectivity index is 1.65. The minimum Gasteiger partial charge on any atom is -0.350 e. The molecule has 0 saturated carbocycles. The molecule has 5 nitrogen and oxygen atoms in total. The number of rotatable bonds is 6. The fourth-order valence-electron chi connectivity index (χ4n) is 3.66. The number of benzene rings is 2. The Morgan fingerprint density at radius 1 is 1.22 bits per heavy atom. The molecule has 1 aliphatic heterocycles. The van der Waals surface area contributed by atoms with Crippen LogP contribution in [0.5, 0.6) is 0 Å². The van der Waals surface area contributed by atoms with Crippen LogP contribution < -0.4 is 9.62 Å². The van der Waals surface area contributed by atoms with Crippen molar-refractivity contribution in [2.75, 3.05) is 10.6 Å². The largest absolute Gasteiger partial charge is 0.350 e. The maximum absolute atomic E-state index is 12.6. The van der Waals surface area contributed by atoms with Crippen LogP contribution in [0.15, 0.2) is 48.5 Å². The molecule has 2 aromatic carbocycles. The van der Waals surface area contributed by atoms with Gasteiger partial charge in [0.05, 0.1) is 11.9 Å². The summed E-state index contributed by atoms with van der Waals surface area (Å²) in [5.74, 6) is -0.121. The smallest absolute Gasteiger partial charge is 0.251 e. The number of nitrogens with one attached hydrogen (secondary N) is 1. The number of carbonyl (C=O) groups excluding carboxylic acids is 1. The lowest BCUT2D eigenvalue weighted by molar-refractivity contribution is 0.0938. The number of amides is 1. The van der Waals surface area contributed by atoms with Gasteiger partial charge in [-0.15, -0.1) is 0 Å². The predicted molar refractivity (Wildman–Crippen MR) is 109 cm³/mol. The zero-order valence-corrected chi connectivity index (χ0v) is 16.8. The Labute approximate surface area is 161 Å². The molecule has 0 fully saturated rings. The van der Waals surface area contributed by atoms with E-state index in [0.717, 1.165) is 18.4 Å². The van der Waals surface area contributed by atoms with Crippen molar-refractivity contribution in [3.05, 3.63) is 65.2 Å². The highest BCUT2D eigenvalue weighted by Crippen LogP contribution is 2.34. The molecule has 144 valence electrons. The predicted octanol–water partition coefficient (Wildman–Crippen LogP) is 3.15. The Morgan fingerprint density at radius 3 is 2.59 bits per heavy atom. The maximum atomic E-state index is 12.6. The second-order valence-corrected chi connectivity index (χ2v) is 9.21. The number of anilines is 1. The maximum Gasteiger partial charge on any atom is 0.251 e. The number of fused-ring (bicyclic) bond motifs is 1. The van der Waals surface area contributed by atoms with Crippen molar-refractivity contribution >= 4 is 21.6 Å². The third-order valence-corrected chi connectivity index (χ3v) is 6.21. The number of nitrogens with zero attached hydrogens (tertiary/aromatic N) is 1. The van der Waals surface area contributed by atoms with E-state index in [1.807, 2.05) is 38.1 Å². The molecule has 0 aromatic heterocycles. The number of hydrogen-bond acceptors (Lipinski definition) is 3. The van der Waals surface area contributed by atoms with Gasteiger partial charge in [0.15, 0.2) is 0 Å². The van der Waals surface area contributed by atoms with Crippen LogP contribution in [-0.2, 0) is 22.9 Å². The molecule has 2 aromatic rings. The molecule has 6 heteroatoms. The molecule has 0 unspecified atom stereocenters. The Hall–Kier alpha value is -2.34. The first kappa shape index (κ1) is 19.4. The van der Waals surface area contributed by atoms with Crippen LogP contribution in [0.2, 0.25) is 0 Å². The van der Waals surface area contributed by atoms with Gasteiger partial charge >= 0.3 is 0 Å². The lowest BCUT2D eigenvalue weighted by Gasteiger charge is -2.22. The van der Waals surface area contributed by atoms with Gasteiger partial charge in [-0.3, -0.25) is 9.10 Å². The van der Waals surface area contributed by atoms with E-state index in [4.69, 9.17) is 0 Å². The summed E-state index contributed by atoms with van der Waals surface area (Å²) in [6, 6.07) is 15.4. The number of aryl methyl sites for hydroxylation is 1. The average Bonchev–Trinajstić information content (AvgIpc) is 2.95. The first-order chi connectivity index (χ1) is 12.8. The summed E-state index contributed by atoms with van der Waals surface area (Å²) in [4.78, 5) is 12.6. The summed E-state index contributed by atoms with van der Waals surface area (Å²) in [6.07, 6.45) is 3.60. The second-order valence-electron chi connectivity index (χ2n) is 7.35. The highest BCUT2D eigenvalue weighted by atomic mass is 32.2. The Bertz CT molecular complexity index is 926. The van der Waals surface area contributed by atoms with Crippen molar-refractivity contribution in [3.8, 4) is 0 Å². The number of hydrogen-bond donors (Lipinski definition) is 1. The third-order valence-electron chi connectivity index (χ3n) is 4.94. The molecule has 1 amide bonds. The van der Waals surface area contributed by atoms with Crippen LogP contribution in [0, 0.1) is 0 Å². The molecule has 0 bridgehead atoms. The van der Waals surface area contributed by atoms with Gasteiger partial charge in [-0.25, -0.2) is 8.42 Å². The SMILES string of the molecule is C[C@@H]1Cc2cc(C(=O)N[C@@H](C)CCc3ccccc3)ccc2N1S(C)(=O)=O. The molecule has 0 saturated heterocycles. The van der Waals surface area contributed by atoms with Crippen molar-refractivity contribution in [3.63, 3.8) is 0 Å². The molecule has 3 rings (SSSR count). The monoisotopic (exact) mass is 386 g/mol. The first-order valence-electron chi connectivity index (χ1n) is 9.23. The third kappa shape index (κ3) is 4.50. The lowest BCUT2D eigenvalue weighted by atomic mass is 10.0. The normalized spacial score (nSPS) is 17.4. The quantitative estimate of drug-likeness (QED) is 0.829. The molecular formula is C21H26N2O3S. The van der Waals surface area contributed by atoms with Crippen LogP contribution in [0.4, 0.5) is 5.69 Å². The van der Waals surface area contributed by atoms with E-state index in [1.165, 1.54) is 16.1 Å². The highest BCUT2D eigenvalue weighted by Gasteiger charge is 2.32. The molecule has 0 aliphatic carbocycles. The Morgan fingerprint density at radius 2 is 1.93 bits per heavy atom. The number of sulfonamides is 1. The van der Waals surface area contributed by atoms with Crippen LogP contribution in [-0.4, -0.2) is 32.7 Å². The van der Waals surface area contributed by atoms with Crippen molar-refractivity contribution in [1.29, 1.82) is 0 Å². The summed E-state index contributed by atoms with van der Waals surface area (Å²) in [5, 5.41) is 3.04. The Kier molecular flexibility index (Phi) is 5.56. The van der Waals surface area contributed by atoms with E-state index >= 15 is 0 Å². The molecule has 1 aliphatic rings. The van der Waals surface area contributed by atoms with Crippen LogP contribution in [0.25, 0.3) is 0 Å². The number of carbonyl (C=O) groups is 1. The highest BCUT2D eigenvalue weighted by molar-refractivity contribution is 7.92. The van der Waals surface area contributed by atoms with E-state index < -0.39 is 10.0 Å². The van der Waals surface area contributed by atoms with Gasteiger partial charge in [0.25, 0.3) is 5.91 Å². The fourth-order valence-corrected chi connectivity index (χ4v) is 4.92. The van der Waals surface area contributed by atoms with Gasteiger partial charge in [-0.05, 0) is 62.4 Å². The molecule has 0 spiro atoms. The summed E-state index contributed by atoms with van der Waals surface area (Å²) in [5.41, 5.74) is 3.41. The van der Waals surface area contributed by atoms with Gasteiger partial charge in [0.2, 0.25) is 10.0 Å². The van der Waals surface area contributed by atoms with Gasteiger partial charge in [-0.1, -0.05) is 30.3 Å². The summed E-state index contributed by atoms with van der Waals surface area (Å²) in [7, 11) is -3.32. The van der Waals surface area contributed by atoms with E-state index in [1.54, 1.807) is 12.1 Å². The summed E-state index contributed by atoms with van der Waals surface area (Å²) < 4.78 is 25.4. The minimum atomic E-state index is -3.32. The fraction of sp³-hybridized carbons (Fsp3) is 0.381. The van der Waals surface area contributed by atoms with E-state index in [-0.39, 0.29) is 18.0 Å².